The van der Waals surface area contributed by atoms with E-state index in [9.17, 15) is 5.11 Å². The van der Waals surface area contributed by atoms with Crippen molar-refractivity contribution in [3.8, 4) is 62.2 Å². The molecule has 5 nitrogen and oxygen atoms in total. The molecule has 8 rings (SSSR count). The molecule has 0 fully saturated rings. The highest BCUT2D eigenvalue weighted by atomic mass is 16.3. The van der Waals surface area contributed by atoms with Crippen LogP contribution < -0.4 is 0 Å². The van der Waals surface area contributed by atoms with E-state index in [0.717, 1.165) is 49.8 Å². The summed E-state index contributed by atoms with van der Waals surface area (Å²) >= 11 is 0. The van der Waals surface area contributed by atoms with Gasteiger partial charge in [0.2, 0.25) is 0 Å². The van der Waals surface area contributed by atoms with E-state index in [4.69, 9.17) is 19.4 Å². The van der Waals surface area contributed by atoms with Crippen molar-refractivity contribution in [3.05, 3.63) is 146 Å². The molecule has 6 aromatic carbocycles. The van der Waals surface area contributed by atoms with Crippen molar-refractivity contribution in [1.82, 2.24) is 15.0 Å². The highest BCUT2D eigenvalue weighted by Gasteiger charge is 2.21. The molecule has 0 aliphatic carbocycles. The van der Waals surface area contributed by atoms with Crippen LogP contribution in [-0.2, 0) is 0 Å². The van der Waals surface area contributed by atoms with E-state index in [1.54, 1.807) is 0 Å². The minimum Gasteiger partial charge on any atom is -0.507 e. The number of para-hydroxylation sites is 1. The quantitative estimate of drug-likeness (QED) is 0.224. The van der Waals surface area contributed by atoms with Crippen molar-refractivity contribution < 1.29 is 9.52 Å². The third-order valence-corrected chi connectivity index (χ3v) is 7.83. The molecule has 208 valence electrons. The van der Waals surface area contributed by atoms with Crippen molar-refractivity contribution in [3.63, 3.8) is 0 Å². The Bertz CT molecular complexity index is 2220. The molecule has 2 heterocycles. The second kappa shape index (κ2) is 10.6. The fraction of sp³-hybridized carbons (Fsp3) is 0. The summed E-state index contributed by atoms with van der Waals surface area (Å²) in [6.45, 7) is 0. The summed E-state index contributed by atoms with van der Waals surface area (Å²) in [5, 5.41) is 13.8. The van der Waals surface area contributed by atoms with Crippen LogP contribution in [0.2, 0.25) is 0 Å². The molecule has 2 aromatic heterocycles. The second-order valence-electron chi connectivity index (χ2n) is 10.6. The third-order valence-electron chi connectivity index (χ3n) is 7.83. The topological polar surface area (TPSA) is 72.0 Å². The maximum absolute atomic E-state index is 11.8. The minimum atomic E-state index is 0.136. The highest BCUT2D eigenvalue weighted by Crippen LogP contribution is 2.44. The Morgan fingerprint density at radius 1 is 0.432 bits per heavy atom. The predicted molar refractivity (Wildman–Crippen MR) is 176 cm³/mol. The van der Waals surface area contributed by atoms with Gasteiger partial charge in [-0.15, -0.1) is 0 Å². The van der Waals surface area contributed by atoms with E-state index in [0.29, 0.717) is 28.6 Å². The molecule has 8 aromatic rings. The lowest BCUT2D eigenvalue weighted by molar-refractivity contribution is 0.478. The number of phenolic OH excluding ortho intramolecular Hbond substituents is 1. The first kappa shape index (κ1) is 25.6. The van der Waals surface area contributed by atoms with E-state index >= 15 is 0 Å². The number of phenols is 1. The number of fused-ring (bicyclic) bond motifs is 3. The molecule has 0 saturated carbocycles. The molecule has 44 heavy (non-hydrogen) atoms. The van der Waals surface area contributed by atoms with Crippen LogP contribution in [0.3, 0.4) is 0 Å². The molecular formula is C39H25N3O2. The largest absolute Gasteiger partial charge is 0.507 e. The summed E-state index contributed by atoms with van der Waals surface area (Å²) in [5.41, 5.74) is 7.36. The normalized spacial score (nSPS) is 11.3. The summed E-state index contributed by atoms with van der Waals surface area (Å²) in [6.07, 6.45) is 0. The molecule has 0 bridgehead atoms. The summed E-state index contributed by atoms with van der Waals surface area (Å²) in [6, 6.07) is 47.6. The molecule has 0 amide bonds. The number of aromatic nitrogens is 3. The zero-order valence-electron chi connectivity index (χ0n) is 23.6. The molecule has 0 aliphatic rings. The minimum absolute atomic E-state index is 0.136. The van der Waals surface area contributed by atoms with Crippen molar-refractivity contribution >= 4 is 21.9 Å². The van der Waals surface area contributed by atoms with Crippen LogP contribution in [-0.4, -0.2) is 20.1 Å². The van der Waals surface area contributed by atoms with Gasteiger partial charge in [-0.25, -0.2) is 15.0 Å². The molecule has 0 unspecified atom stereocenters. The van der Waals surface area contributed by atoms with Gasteiger partial charge in [-0.2, -0.15) is 0 Å². The summed E-state index contributed by atoms with van der Waals surface area (Å²) in [4.78, 5) is 14.9. The average molecular weight is 568 g/mol. The Balaban J connectivity index is 1.43. The number of aromatic hydroxyl groups is 1. The molecule has 0 atom stereocenters. The van der Waals surface area contributed by atoms with Crippen molar-refractivity contribution in [2.75, 3.05) is 0 Å². The fourth-order valence-corrected chi connectivity index (χ4v) is 5.81. The van der Waals surface area contributed by atoms with Gasteiger partial charge in [0.15, 0.2) is 17.5 Å². The maximum atomic E-state index is 11.8. The SMILES string of the molecule is Oc1cc(-c2cccc3oc4ccccc4c23)cc(-c2nc(-c3ccccc3)nc(-c3ccccc3)n2)c1-c1ccccc1. The van der Waals surface area contributed by atoms with Crippen LogP contribution in [0.25, 0.3) is 78.4 Å². The first-order valence-corrected chi connectivity index (χ1v) is 14.4. The van der Waals surface area contributed by atoms with Crippen molar-refractivity contribution in [2.45, 2.75) is 0 Å². The predicted octanol–water partition coefficient (Wildman–Crippen LogP) is 9.81. The Labute approximate surface area is 253 Å². The molecular weight excluding hydrogens is 542 g/mol. The molecule has 0 aliphatic heterocycles. The molecule has 0 radical (unpaired) electrons. The van der Waals surface area contributed by atoms with Crippen LogP contribution in [0, 0.1) is 0 Å². The summed E-state index contributed by atoms with van der Waals surface area (Å²) < 4.78 is 6.19. The van der Waals surface area contributed by atoms with Gasteiger partial charge in [0.1, 0.15) is 16.9 Å². The van der Waals surface area contributed by atoms with Gasteiger partial charge in [0.25, 0.3) is 0 Å². The highest BCUT2D eigenvalue weighted by molar-refractivity contribution is 6.12. The first-order chi connectivity index (χ1) is 21.7. The van der Waals surface area contributed by atoms with Crippen LogP contribution in [0.5, 0.6) is 5.75 Å². The first-order valence-electron chi connectivity index (χ1n) is 14.4. The van der Waals surface area contributed by atoms with E-state index in [-0.39, 0.29) is 5.75 Å². The van der Waals surface area contributed by atoms with Crippen LogP contribution in [0.1, 0.15) is 0 Å². The van der Waals surface area contributed by atoms with Crippen molar-refractivity contribution in [1.29, 1.82) is 0 Å². The zero-order valence-corrected chi connectivity index (χ0v) is 23.6. The molecule has 1 N–H and O–H groups in total. The van der Waals surface area contributed by atoms with Crippen molar-refractivity contribution in [2.24, 2.45) is 0 Å². The number of rotatable bonds is 5. The standard InChI is InChI=1S/C39H25N3O2/c43-32-24-28(29-20-12-22-34-36(29)30-19-10-11-21-33(30)44-34)23-31(35(32)25-13-4-1-5-14-25)39-41-37(26-15-6-2-7-16-26)40-38(42-39)27-17-8-3-9-18-27/h1-24,43H. The van der Waals surface area contributed by atoms with E-state index < -0.39 is 0 Å². The number of nitrogens with zero attached hydrogens (tertiary/aromatic N) is 3. The fourth-order valence-electron chi connectivity index (χ4n) is 5.81. The van der Waals surface area contributed by atoms with Gasteiger partial charge in [0, 0.05) is 33.0 Å². The maximum Gasteiger partial charge on any atom is 0.164 e. The smallest absolute Gasteiger partial charge is 0.164 e. The van der Waals surface area contributed by atoms with E-state index in [1.807, 2.05) is 127 Å². The summed E-state index contributed by atoms with van der Waals surface area (Å²) in [5.74, 6) is 1.72. The molecule has 5 heteroatoms. The van der Waals surface area contributed by atoms with Gasteiger partial charge in [-0.3, -0.25) is 0 Å². The Hall–Kier alpha value is -6.07. The van der Waals surface area contributed by atoms with Gasteiger partial charge in [0.05, 0.1) is 0 Å². The van der Waals surface area contributed by atoms with Gasteiger partial charge in [-0.05, 0) is 41.0 Å². The average Bonchev–Trinajstić information content (AvgIpc) is 3.48. The van der Waals surface area contributed by atoms with Crippen LogP contribution >= 0.6 is 0 Å². The number of benzene rings is 6. The Kier molecular flexibility index (Phi) is 6.20. The van der Waals surface area contributed by atoms with E-state index in [2.05, 4.69) is 18.2 Å². The zero-order chi connectivity index (χ0) is 29.5. The van der Waals surface area contributed by atoms with Gasteiger partial charge >= 0.3 is 0 Å². The summed E-state index contributed by atoms with van der Waals surface area (Å²) in [7, 11) is 0. The second-order valence-corrected chi connectivity index (χ2v) is 10.6. The van der Waals surface area contributed by atoms with Gasteiger partial charge < -0.3 is 9.52 Å². The van der Waals surface area contributed by atoms with E-state index in [1.165, 1.54) is 0 Å². The lowest BCUT2D eigenvalue weighted by Gasteiger charge is -2.16. The monoisotopic (exact) mass is 567 g/mol. The number of hydrogen-bond acceptors (Lipinski definition) is 5. The van der Waals surface area contributed by atoms with Crippen LogP contribution in [0.15, 0.2) is 150 Å². The molecule has 0 saturated heterocycles. The number of furan rings is 1. The third kappa shape index (κ3) is 4.48. The lowest BCUT2D eigenvalue weighted by Crippen LogP contribution is -2.01. The van der Waals surface area contributed by atoms with Gasteiger partial charge in [-0.1, -0.05) is 121 Å². The van der Waals surface area contributed by atoms with Crippen LogP contribution in [0.4, 0.5) is 0 Å². The number of hydrogen-bond donors (Lipinski definition) is 1. The Morgan fingerprint density at radius 2 is 0.977 bits per heavy atom. The Morgan fingerprint density at radius 3 is 1.64 bits per heavy atom. The molecule has 0 spiro atoms. The lowest BCUT2D eigenvalue weighted by atomic mass is 9.91.